The molecule has 1 heterocycles. The van der Waals surface area contributed by atoms with Crippen molar-refractivity contribution in [1.82, 2.24) is 9.80 Å². The number of nitrogens with zero attached hydrogens (tertiary/aromatic N) is 2. The van der Waals surface area contributed by atoms with Crippen LogP contribution in [0.2, 0.25) is 0 Å². The number of likely N-dealkylation sites (tertiary alicyclic amines) is 1. The van der Waals surface area contributed by atoms with Gasteiger partial charge in [0.25, 0.3) is 0 Å². The molecule has 18 heavy (non-hydrogen) atoms. The maximum Gasteiger partial charge on any atom is 0.394 e. The molecule has 2 atom stereocenters. The first-order chi connectivity index (χ1) is 8.18. The van der Waals surface area contributed by atoms with Gasteiger partial charge in [-0.15, -0.1) is 0 Å². The number of carboxylic acid groups (broad SMARTS) is 1. The summed E-state index contributed by atoms with van der Waals surface area (Å²) in [5.74, 6) is -5.10. The van der Waals surface area contributed by atoms with Gasteiger partial charge in [-0.1, -0.05) is 0 Å². The summed E-state index contributed by atoms with van der Waals surface area (Å²) in [6, 6.07) is -0.574. The molecule has 1 rings (SSSR count). The lowest BCUT2D eigenvalue weighted by molar-refractivity contribution is -0.187. The van der Waals surface area contributed by atoms with Gasteiger partial charge >= 0.3 is 18.2 Å². The third-order valence-electron chi connectivity index (χ3n) is 3.13. The van der Waals surface area contributed by atoms with Crippen LogP contribution in [0.1, 0.15) is 6.92 Å². The Morgan fingerprint density at radius 2 is 1.94 bits per heavy atom. The molecule has 0 spiro atoms. The van der Waals surface area contributed by atoms with Crippen molar-refractivity contribution < 1.29 is 27.9 Å². The molecule has 1 fully saturated rings. The molecule has 0 radical (unpaired) electrons. The SMILES string of the molecule is CCN(C)C(=O)N1C[C@@H](C(F)(F)F)[C@H](C(=O)O)C1. The zero-order valence-electron chi connectivity index (χ0n) is 10.1. The first-order valence-electron chi connectivity index (χ1n) is 5.48. The minimum Gasteiger partial charge on any atom is -0.481 e. The number of carboxylic acids is 1. The molecule has 5 nitrogen and oxygen atoms in total. The summed E-state index contributed by atoms with van der Waals surface area (Å²) in [6.45, 7) is 1.04. The third kappa shape index (κ3) is 2.85. The van der Waals surface area contributed by atoms with Crippen molar-refractivity contribution in [2.45, 2.75) is 13.1 Å². The van der Waals surface area contributed by atoms with E-state index in [0.29, 0.717) is 6.54 Å². The number of hydrogen-bond donors (Lipinski definition) is 1. The number of alkyl halides is 3. The Balaban J connectivity index is 2.85. The number of urea groups is 1. The molecular formula is C10H15F3N2O3. The summed E-state index contributed by atoms with van der Waals surface area (Å²) in [5.41, 5.74) is 0. The van der Waals surface area contributed by atoms with Gasteiger partial charge in [-0.05, 0) is 6.92 Å². The van der Waals surface area contributed by atoms with E-state index in [0.717, 1.165) is 4.90 Å². The first kappa shape index (κ1) is 14.6. The average Bonchev–Trinajstić information content (AvgIpc) is 2.71. The molecule has 1 aliphatic rings. The monoisotopic (exact) mass is 268 g/mol. The number of carbonyl (C=O) groups excluding carboxylic acids is 1. The van der Waals surface area contributed by atoms with E-state index in [-0.39, 0.29) is 0 Å². The summed E-state index contributed by atoms with van der Waals surface area (Å²) in [4.78, 5) is 24.7. The fourth-order valence-electron chi connectivity index (χ4n) is 1.92. The second-order valence-corrected chi connectivity index (χ2v) is 4.29. The van der Waals surface area contributed by atoms with Crippen LogP contribution < -0.4 is 0 Å². The van der Waals surface area contributed by atoms with Gasteiger partial charge < -0.3 is 14.9 Å². The van der Waals surface area contributed by atoms with Crippen LogP contribution in [0.3, 0.4) is 0 Å². The number of halogens is 3. The van der Waals surface area contributed by atoms with Crippen molar-refractivity contribution in [2.75, 3.05) is 26.7 Å². The fourth-order valence-corrected chi connectivity index (χ4v) is 1.92. The van der Waals surface area contributed by atoms with Crippen LogP contribution in [0, 0.1) is 11.8 Å². The van der Waals surface area contributed by atoms with E-state index < -0.39 is 43.1 Å². The molecule has 0 bridgehead atoms. The second kappa shape index (κ2) is 5.03. The molecule has 1 aliphatic heterocycles. The molecule has 0 aliphatic carbocycles. The van der Waals surface area contributed by atoms with E-state index >= 15 is 0 Å². The molecule has 0 aromatic rings. The lowest BCUT2D eigenvalue weighted by Crippen LogP contribution is -2.40. The molecule has 0 unspecified atom stereocenters. The van der Waals surface area contributed by atoms with E-state index in [9.17, 15) is 22.8 Å². The van der Waals surface area contributed by atoms with Crippen molar-refractivity contribution in [1.29, 1.82) is 0 Å². The highest BCUT2D eigenvalue weighted by molar-refractivity contribution is 5.77. The van der Waals surface area contributed by atoms with Crippen molar-refractivity contribution in [2.24, 2.45) is 11.8 Å². The van der Waals surface area contributed by atoms with Gasteiger partial charge in [0.1, 0.15) is 0 Å². The molecule has 1 N–H and O–H groups in total. The minimum absolute atomic E-state index is 0.351. The zero-order chi connectivity index (χ0) is 14.1. The summed E-state index contributed by atoms with van der Waals surface area (Å²) in [7, 11) is 1.46. The standard InChI is InChI=1S/C10H15F3N2O3/c1-3-14(2)9(18)15-4-6(8(16)17)7(5-15)10(11,12)13/h6-7H,3-5H2,1-2H3,(H,16,17)/t6-,7-/m1/s1. The Morgan fingerprint density at radius 3 is 2.28 bits per heavy atom. The number of hydrogen-bond acceptors (Lipinski definition) is 2. The maximum atomic E-state index is 12.7. The smallest absolute Gasteiger partial charge is 0.394 e. The Morgan fingerprint density at radius 1 is 1.39 bits per heavy atom. The summed E-state index contributed by atoms with van der Waals surface area (Å²) >= 11 is 0. The molecule has 1 saturated heterocycles. The van der Waals surface area contributed by atoms with Crippen LogP contribution >= 0.6 is 0 Å². The number of amides is 2. The largest absolute Gasteiger partial charge is 0.481 e. The average molecular weight is 268 g/mol. The fraction of sp³-hybridized carbons (Fsp3) is 0.800. The third-order valence-corrected chi connectivity index (χ3v) is 3.13. The second-order valence-electron chi connectivity index (χ2n) is 4.29. The molecule has 2 amide bonds. The Hall–Kier alpha value is -1.47. The number of aliphatic carboxylic acids is 1. The lowest BCUT2D eigenvalue weighted by Gasteiger charge is -2.23. The van der Waals surface area contributed by atoms with Crippen molar-refractivity contribution >= 4 is 12.0 Å². The van der Waals surface area contributed by atoms with Crippen molar-refractivity contribution in [3.8, 4) is 0 Å². The van der Waals surface area contributed by atoms with Crippen LogP contribution in [-0.4, -0.2) is 59.8 Å². The van der Waals surface area contributed by atoms with Gasteiger partial charge in [0, 0.05) is 26.7 Å². The highest BCUT2D eigenvalue weighted by Gasteiger charge is 2.53. The molecule has 0 aromatic carbocycles. The van der Waals surface area contributed by atoms with Crippen LogP contribution in [0.15, 0.2) is 0 Å². The summed E-state index contributed by atoms with van der Waals surface area (Å²) < 4.78 is 38.0. The zero-order valence-corrected chi connectivity index (χ0v) is 10.1. The highest BCUT2D eigenvalue weighted by Crippen LogP contribution is 2.37. The summed E-state index contributed by atoms with van der Waals surface area (Å²) in [5, 5.41) is 8.79. The topological polar surface area (TPSA) is 60.9 Å². The van der Waals surface area contributed by atoms with Gasteiger partial charge in [0.05, 0.1) is 11.8 Å². The van der Waals surface area contributed by atoms with Crippen LogP contribution in [0.25, 0.3) is 0 Å². The molecule has 8 heteroatoms. The van der Waals surface area contributed by atoms with Gasteiger partial charge in [0.2, 0.25) is 0 Å². The van der Waals surface area contributed by atoms with Crippen LogP contribution in [0.5, 0.6) is 0 Å². The summed E-state index contributed by atoms with van der Waals surface area (Å²) in [6.07, 6.45) is -4.61. The molecule has 0 aromatic heterocycles. The van der Waals surface area contributed by atoms with Crippen LogP contribution in [0.4, 0.5) is 18.0 Å². The Bertz CT molecular complexity index is 346. The van der Waals surface area contributed by atoms with E-state index in [1.807, 2.05) is 0 Å². The predicted molar refractivity (Wildman–Crippen MR) is 55.9 cm³/mol. The van der Waals surface area contributed by atoms with Gasteiger partial charge in [0.15, 0.2) is 0 Å². The molecular weight excluding hydrogens is 253 g/mol. The van der Waals surface area contributed by atoms with E-state index in [1.54, 1.807) is 6.92 Å². The quantitative estimate of drug-likeness (QED) is 0.820. The van der Waals surface area contributed by atoms with Gasteiger partial charge in [-0.3, -0.25) is 4.79 Å². The predicted octanol–water partition coefficient (Wildman–Crippen LogP) is 1.25. The Labute approximate surface area is 102 Å². The molecule has 0 saturated carbocycles. The van der Waals surface area contributed by atoms with Crippen molar-refractivity contribution in [3.63, 3.8) is 0 Å². The van der Waals surface area contributed by atoms with E-state index in [2.05, 4.69) is 0 Å². The minimum atomic E-state index is -4.61. The first-order valence-corrected chi connectivity index (χ1v) is 5.48. The van der Waals surface area contributed by atoms with E-state index in [4.69, 9.17) is 5.11 Å². The maximum absolute atomic E-state index is 12.7. The van der Waals surface area contributed by atoms with Crippen LogP contribution in [-0.2, 0) is 4.79 Å². The molecule has 104 valence electrons. The van der Waals surface area contributed by atoms with Gasteiger partial charge in [-0.2, -0.15) is 13.2 Å². The number of rotatable bonds is 2. The van der Waals surface area contributed by atoms with Crippen molar-refractivity contribution in [3.05, 3.63) is 0 Å². The number of carbonyl (C=O) groups is 2. The highest BCUT2D eigenvalue weighted by atomic mass is 19.4. The lowest BCUT2D eigenvalue weighted by atomic mass is 9.96. The normalized spacial score (nSPS) is 24.2. The van der Waals surface area contributed by atoms with E-state index in [1.165, 1.54) is 11.9 Å². The Kier molecular flexibility index (Phi) is 4.08. The van der Waals surface area contributed by atoms with Gasteiger partial charge in [-0.25, -0.2) is 4.79 Å².